The number of thioether (sulfide) groups is 1. The first-order valence-electron chi connectivity index (χ1n) is 6.98. The predicted octanol–water partition coefficient (Wildman–Crippen LogP) is 3.62. The summed E-state index contributed by atoms with van der Waals surface area (Å²) >= 11 is 7.06. The maximum atomic E-state index is 11.7. The minimum Gasteiger partial charge on any atom is -0.458 e. The summed E-state index contributed by atoms with van der Waals surface area (Å²) in [7, 11) is 0. The topological polar surface area (TPSA) is 78.1 Å². The van der Waals surface area contributed by atoms with Crippen LogP contribution in [0.2, 0.25) is 5.02 Å². The number of carbonyl (C=O) groups is 1. The van der Waals surface area contributed by atoms with Gasteiger partial charge in [0, 0.05) is 29.0 Å². The van der Waals surface area contributed by atoms with E-state index in [4.69, 9.17) is 20.9 Å². The molecule has 0 fully saturated rings. The van der Waals surface area contributed by atoms with Crippen molar-refractivity contribution in [3.63, 3.8) is 0 Å². The van der Waals surface area contributed by atoms with Gasteiger partial charge in [0.2, 0.25) is 0 Å². The fraction of sp³-hybridized carbons (Fsp3) is 0.125. The van der Waals surface area contributed by atoms with E-state index in [1.807, 2.05) is 12.1 Å². The Bertz CT molecular complexity index is 809. The third-order valence-corrected chi connectivity index (χ3v) is 4.03. The number of ether oxygens (including phenoxy) is 1. The van der Waals surface area contributed by atoms with Gasteiger partial charge in [-0.15, -0.1) is 0 Å². The number of rotatable bonds is 6. The molecule has 0 amide bonds. The van der Waals surface area contributed by atoms with Gasteiger partial charge in [0.05, 0.1) is 5.75 Å². The van der Waals surface area contributed by atoms with Crippen molar-refractivity contribution in [3.05, 3.63) is 59.5 Å². The standard InChI is InChI=1S/C16H12ClN3O3S/c17-12-4-2-11(3-5-12)14-8-13(20-23-14)9-22-15(21)10-24-16-18-6-1-7-19-16/h1-8H,9-10H2. The number of nitrogens with zero attached hydrogens (tertiary/aromatic N) is 3. The van der Waals surface area contributed by atoms with E-state index in [1.165, 1.54) is 11.8 Å². The molecule has 3 rings (SSSR count). The summed E-state index contributed by atoms with van der Waals surface area (Å²) in [5.74, 6) is 0.347. The van der Waals surface area contributed by atoms with E-state index in [9.17, 15) is 4.79 Å². The van der Waals surface area contributed by atoms with Gasteiger partial charge in [-0.3, -0.25) is 4.79 Å². The van der Waals surface area contributed by atoms with Gasteiger partial charge < -0.3 is 9.26 Å². The Kier molecular flexibility index (Phi) is 5.45. The lowest BCUT2D eigenvalue weighted by molar-refractivity contribution is -0.141. The molecule has 0 bridgehead atoms. The number of halogens is 1. The molecule has 0 aliphatic carbocycles. The smallest absolute Gasteiger partial charge is 0.316 e. The SMILES string of the molecule is O=C(CSc1ncccn1)OCc1cc(-c2ccc(Cl)cc2)on1. The number of aromatic nitrogens is 3. The minimum absolute atomic E-state index is 0.0477. The third-order valence-electron chi connectivity index (χ3n) is 2.93. The molecule has 0 spiro atoms. The van der Waals surface area contributed by atoms with Gasteiger partial charge in [-0.1, -0.05) is 28.5 Å². The lowest BCUT2D eigenvalue weighted by Crippen LogP contribution is -2.07. The van der Waals surface area contributed by atoms with Crippen LogP contribution in [0.15, 0.2) is 58.5 Å². The van der Waals surface area contributed by atoms with Crippen molar-refractivity contribution >= 4 is 29.3 Å². The van der Waals surface area contributed by atoms with E-state index in [2.05, 4.69) is 15.1 Å². The lowest BCUT2D eigenvalue weighted by atomic mass is 10.2. The minimum atomic E-state index is -0.372. The molecule has 0 aliphatic rings. The van der Waals surface area contributed by atoms with E-state index in [1.54, 1.807) is 36.7 Å². The van der Waals surface area contributed by atoms with Crippen LogP contribution < -0.4 is 0 Å². The van der Waals surface area contributed by atoms with Gasteiger partial charge in [0.15, 0.2) is 10.9 Å². The summed E-state index contributed by atoms with van der Waals surface area (Å²) in [6.45, 7) is 0.0477. The fourth-order valence-electron chi connectivity index (χ4n) is 1.81. The van der Waals surface area contributed by atoms with Crippen molar-refractivity contribution in [1.29, 1.82) is 0 Å². The quantitative estimate of drug-likeness (QED) is 0.377. The molecule has 24 heavy (non-hydrogen) atoms. The highest BCUT2D eigenvalue weighted by molar-refractivity contribution is 7.99. The van der Waals surface area contributed by atoms with Crippen LogP contribution in [0.25, 0.3) is 11.3 Å². The molecule has 122 valence electrons. The second-order valence-electron chi connectivity index (χ2n) is 4.67. The summed E-state index contributed by atoms with van der Waals surface area (Å²) in [6, 6.07) is 10.6. The molecular formula is C16H12ClN3O3S. The summed E-state index contributed by atoms with van der Waals surface area (Å²) in [6.07, 6.45) is 3.24. The van der Waals surface area contributed by atoms with Gasteiger partial charge in [-0.05, 0) is 30.3 Å². The average Bonchev–Trinajstić information content (AvgIpc) is 3.09. The van der Waals surface area contributed by atoms with Gasteiger partial charge in [-0.2, -0.15) is 0 Å². The average molecular weight is 362 g/mol. The first kappa shape index (κ1) is 16.5. The Morgan fingerprint density at radius 2 is 1.96 bits per heavy atom. The highest BCUT2D eigenvalue weighted by Gasteiger charge is 2.10. The Morgan fingerprint density at radius 1 is 1.21 bits per heavy atom. The molecule has 0 aliphatic heterocycles. The molecular weight excluding hydrogens is 350 g/mol. The third kappa shape index (κ3) is 4.56. The molecule has 0 saturated carbocycles. The second kappa shape index (κ2) is 7.94. The van der Waals surface area contributed by atoms with Gasteiger partial charge >= 0.3 is 5.97 Å². The van der Waals surface area contributed by atoms with Crippen LogP contribution in [0.4, 0.5) is 0 Å². The molecule has 0 radical (unpaired) electrons. The Morgan fingerprint density at radius 3 is 2.71 bits per heavy atom. The summed E-state index contributed by atoms with van der Waals surface area (Å²) in [4.78, 5) is 19.8. The fourth-order valence-corrected chi connectivity index (χ4v) is 2.54. The zero-order chi connectivity index (χ0) is 16.8. The van der Waals surface area contributed by atoms with E-state index < -0.39 is 0 Å². The molecule has 2 aromatic heterocycles. The van der Waals surface area contributed by atoms with Crippen molar-refractivity contribution in [1.82, 2.24) is 15.1 Å². The van der Waals surface area contributed by atoms with Crippen molar-refractivity contribution in [3.8, 4) is 11.3 Å². The molecule has 0 saturated heterocycles. The first-order valence-corrected chi connectivity index (χ1v) is 8.34. The second-order valence-corrected chi connectivity index (χ2v) is 6.05. The van der Waals surface area contributed by atoms with E-state index in [-0.39, 0.29) is 18.3 Å². The molecule has 0 atom stereocenters. The normalized spacial score (nSPS) is 10.5. The Labute approximate surface area is 147 Å². The molecule has 8 heteroatoms. The number of hydrogen-bond donors (Lipinski definition) is 0. The summed E-state index contributed by atoms with van der Waals surface area (Å²) in [5, 5.41) is 5.06. The van der Waals surface area contributed by atoms with Crippen LogP contribution >= 0.6 is 23.4 Å². The Hall–Kier alpha value is -2.38. The van der Waals surface area contributed by atoms with E-state index >= 15 is 0 Å². The van der Waals surface area contributed by atoms with Crippen LogP contribution in [0.5, 0.6) is 0 Å². The van der Waals surface area contributed by atoms with Gasteiger partial charge in [-0.25, -0.2) is 9.97 Å². The highest BCUT2D eigenvalue weighted by Crippen LogP contribution is 2.22. The number of carbonyl (C=O) groups excluding carboxylic acids is 1. The molecule has 0 N–H and O–H groups in total. The zero-order valence-electron chi connectivity index (χ0n) is 12.4. The van der Waals surface area contributed by atoms with Crippen LogP contribution in [0, 0.1) is 0 Å². The van der Waals surface area contributed by atoms with Crippen LogP contribution in [-0.4, -0.2) is 26.8 Å². The summed E-state index contributed by atoms with van der Waals surface area (Å²) < 4.78 is 10.4. The van der Waals surface area contributed by atoms with Crippen LogP contribution in [0.3, 0.4) is 0 Å². The highest BCUT2D eigenvalue weighted by atomic mass is 35.5. The lowest BCUT2D eigenvalue weighted by Gasteiger charge is -2.01. The largest absolute Gasteiger partial charge is 0.458 e. The Balaban J connectivity index is 1.50. The van der Waals surface area contributed by atoms with Crippen molar-refractivity contribution < 1.29 is 14.1 Å². The predicted molar refractivity (Wildman–Crippen MR) is 89.5 cm³/mol. The molecule has 0 unspecified atom stereocenters. The van der Waals surface area contributed by atoms with Crippen molar-refractivity contribution in [2.75, 3.05) is 5.75 Å². The van der Waals surface area contributed by atoms with Crippen LogP contribution in [-0.2, 0) is 16.1 Å². The molecule has 3 aromatic rings. The molecule has 1 aromatic carbocycles. The zero-order valence-corrected chi connectivity index (χ0v) is 14.0. The number of hydrogen-bond acceptors (Lipinski definition) is 7. The number of benzene rings is 1. The van der Waals surface area contributed by atoms with Gasteiger partial charge in [0.25, 0.3) is 0 Å². The van der Waals surface area contributed by atoms with Crippen molar-refractivity contribution in [2.45, 2.75) is 11.8 Å². The van der Waals surface area contributed by atoms with E-state index in [0.29, 0.717) is 21.6 Å². The van der Waals surface area contributed by atoms with Crippen LogP contribution in [0.1, 0.15) is 5.69 Å². The molecule has 2 heterocycles. The summed E-state index contributed by atoms with van der Waals surface area (Å²) in [5.41, 5.74) is 1.38. The van der Waals surface area contributed by atoms with Crippen molar-refractivity contribution in [2.24, 2.45) is 0 Å². The molecule has 6 nitrogen and oxygen atoms in total. The maximum absolute atomic E-state index is 11.7. The first-order chi connectivity index (χ1) is 11.7. The van der Waals surface area contributed by atoms with Gasteiger partial charge in [0.1, 0.15) is 12.3 Å². The number of esters is 1. The van der Waals surface area contributed by atoms with E-state index in [0.717, 1.165) is 5.56 Å². The monoisotopic (exact) mass is 361 g/mol. The maximum Gasteiger partial charge on any atom is 0.316 e.